The molecular formula is C24H32ClN3O3. The van der Waals surface area contributed by atoms with Crippen molar-refractivity contribution < 1.29 is 14.3 Å². The van der Waals surface area contributed by atoms with Crippen molar-refractivity contribution in [3.05, 3.63) is 65.2 Å². The number of halogens is 1. The highest BCUT2D eigenvalue weighted by molar-refractivity contribution is 5.90. The molecule has 2 aromatic carbocycles. The normalized spacial score (nSPS) is 16.8. The summed E-state index contributed by atoms with van der Waals surface area (Å²) >= 11 is 0. The third-order valence-corrected chi connectivity index (χ3v) is 5.82. The standard InChI is InChI=1S/C24H31N3O3.ClH/c1-4-16(2)22(24(29)26-14-17-9-11-20(30-3)12-10-17)27-23(28)21-13-18-7-5-6-8-19(18)15-25-21;/h5-12,16,21-22,25H,4,13-15H2,1-3H3,(H,26,29)(H,27,28);1H/t16?,21-,22-;/m0./s1. The summed E-state index contributed by atoms with van der Waals surface area (Å²) < 4.78 is 5.16. The summed E-state index contributed by atoms with van der Waals surface area (Å²) in [6, 6.07) is 14.8. The van der Waals surface area contributed by atoms with Gasteiger partial charge in [0.05, 0.1) is 13.2 Å². The van der Waals surface area contributed by atoms with E-state index in [1.807, 2.05) is 50.2 Å². The van der Waals surface area contributed by atoms with Gasteiger partial charge in [0, 0.05) is 13.1 Å². The summed E-state index contributed by atoms with van der Waals surface area (Å²) in [7, 11) is 1.62. The van der Waals surface area contributed by atoms with Crippen LogP contribution in [0, 0.1) is 5.92 Å². The van der Waals surface area contributed by atoms with Crippen LogP contribution >= 0.6 is 12.4 Å². The van der Waals surface area contributed by atoms with E-state index in [9.17, 15) is 9.59 Å². The number of hydrogen-bond acceptors (Lipinski definition) is 4. The van der Waals surface area contributed by atoms with E-state index in [0.717, 1.165) is 17.7 Å². The number of rotatable bonds is 8. The number of carbonyl (C=O) groups is 2. The number of benzene rings is 2. The van der Waals surface area contributed by atoms with Gasteiger partial charge in [-0.15, -0.1) is 12.4 Å². The van der Waals surface area contributed by atoms with Crippen molar-refractivity contribution in [1.29, 1.82) is 0 Å². The molecule has 6 nitrogen and oxygen atoms in total. The molecule has 1 heterocycles. The number of nitrogens with one attached hydrogen (secondary N) is 3. The Hall–Kier alpha value is -2.57. The van der Waals surface area contributed by atoms with Crippen molar-refractivity contribution in [2.75, 3.05) is 7.11 Å². The van der Waals surface area contributed by atoms with Crippen molar-refractivity contribution in [2.45, 2.75) is 51.9 Å². The summed E-state index contributed by atoms with van der Waals surface area (Å²) in [6.45, 7) is 5.07. The summed E-state index contributed by atoms with van der Waals surface area (Å²) in [5.41, 5.74) is 3.38. The quantitative estimate of drug-likeness (QED) is 0.583. The first-order chi connectivity index (χ1) is 14.5. The lowest BCUT2D eigenvalue weighted by molar-refractivity contribution is -0.131. The maximum Gasteiger partial charge on any atom is 0.243 e. The molecule has 0 fully saturated rings. The number of ether oxygens (including phenoxy) is 1. The fraction of sp³-hybridized carbons (Fsp3) is 0.417. The minimum Gasteiger partial charge on any atom is -0.497 e. The summed E-state index contributed by atoms with van der Waals surface area (Å²) in [5.74, 6) is 0.510. The first-order valence-corrected chi connectivity index (χ1v) is 10.5. The molecule has 0 saturated heterocycles. The average molecular weight is 446 g/mol. The number of methoxy groups -OCH3 is 1. The summed E-state index contributed by atoms with van der Waals surface area (Å²) in [5, 5.41) is 9.24. The van der Waals surface area contributed by atoms with Crippen LogP contribution < -0.4 is 20.7 Å². The highest BCUT2D eigenvalue weighted by Crippen LogP contribution is 2.17. The molecule has 0 bridgehead atoms. The zero-order chi connectivity index (χ0) is 21.5. The topological polar surface area (TPSA) is 79.5 Å². The van der Waals surface area contributed by atoms with Gasteiger partial charge in [-0.3, -0.25) is 9.59 Å². The lowest BCUT2D eigenvalue weighted by Crippen LogP contribution is -2.56. The maximum absolute atomic E-state index is 12.9. The van der Waals surface area contributed by atoms with E-state index in [1.165, 1.54) is 11.1 Å². The zero-order valence-corrected chi connectivity index (χ0v) is 19.1. The molecule has 31 heavy (non-hydrogen) atoms. The van der Waals surface area contributed by atoms with E-state index in [0.29, 0.717) is 19.5 Å². The molecule has 3 N–H and O–H groups in total. The number of fused-ring (bicyclic) bond motifs is 1. The minimum absolute atomic E-state index is 0. The van der Waals surface area contributed by atoms with E-state index >= 15 is 0 Å². The Labute approximate surface area is 190 Å². The molecule has 0 saturated carbocycles. The zero-order valence-electron chi connectivity index (χ0n) is 18.3. The molecule has 0 radical (unpaired) electrons. The third kappa shape index (κ3) is 6.45. The van der Waals surface area contributed by atoms with Crippen molar-refractivity contribution in [1.82, 2.24) is 16.0 Å². The largest absolute Gasteiger partial charge is 0.497 e. The fourth-order valence-electron chi connectivity index (χ4n) is 3.64. The van der Waals surface area contributed by atoms with Crippen LogP contribution in [0.1, 0.15) is 37.0 Å². The van der Waals surface area contributed by atoms with Crippen LogP contribution in [0.3, 0.4) is 0 Å². The highest BCUT2D eigenvalue weighted by Gasteiger charge is 2.30. The van der Waals surface area contributed by atoms with Crippen LogP contribution in [0.25, 0.3) is 0 Å². The van der Waals surface area contributed by atoms with Crippen LogP contribution in [-0.2, 0) is 29.1 Å². The van der Waals surface area contributed by atoms with E-state index in [2.05, 4.69) is 28.1 Å². The van der Waals surface area contributed by atoms with Gasteiger partial charge in [0.2, 0.25) is 11.8 Å². The minimum atomic E-state index is -0.570. The average Bonchev–Trinajstić information content (AvgIpc) is 2.80. The second-order valence-corrected chi connectivity index (χ2v) is 7.84. The SMILES string of the molecule is CCC(C)[C@H](NC(=O)[C@@H]1Cc2ccccc2CN1)C(=O)NCc1ccc(OC)cc1.Cl. The highest BCUT2D eigenvalue weighted by atomic mass is 35.5. The molecule has 1 unspecified atom stereocenters. The second kappa shape index (κ2) is 11.7. The second-order valence-electron chi connectivity index (χ2n) is 7.84. The molecule has 3 atom stereocenters. The molecule has 0 spiro atoms. The first-order valence-electron chi connectivity index (χ1n) is 10.5. The fourth-order valence-corrected chi connectivity index (χ4v) is 3.64. The Morgan fingerprint density at radius 2 is 1.81 bits per heavy atom. The predicted octanol–water partition coefficient (Wildman–Crippen LogP) is 2.98. The molecule has 0 aliphatic carbocycles. The van der Waals surface area contributed by atoms with E-state index in [1.54, 1.807) is 7.11 Å². The van der Waals surface area contributed by atoms with Crippen molar-refractivity contribution in [3.8, 4) is 5.75 Å². The van der Waals surface area contributed by atoms with Gasteiger partial charge in [-0.05, 0) is 41.2 Å². The lowest BCUT2D eigenvalue weighted by Gasteiger charge is -2.29. The Kier molecular flexibility index (Phi) is 9.34. The van der Waals surface area contributed by atoms with Crippen LogP contribution in [0.15, 0.2) is 48.5 Å². The van der Waals surface area contributed by atoms with Crippen molar-refractivity contribution in [3.63, 3.8) is 0 Å². The number of amides is 2. The molecular weight excluding hydrogens is 414 g/mol. The third-order valence-electron chi connectivity index (χ3n) is 5.82. The smallest absolute Gasteiger partial charge is 0.243 e. The van der Waals surface area contributed by atoms with E-state index in [4.69, 9.17) is 4.74 Å². The van der Waals surface area contributed by atoms with E-state index in [-0.39, 0.29) is 36.2 Å². The lowest BCUT2D eigenvalue weighted by atomic mass is 9.94. The van der Waals surface area contributed by atoms with Crippen LogP contribution in [-0.4, -0.2) is 31.0 Å². The Morgan fingerprint density at radius 1 is 1.13 bits per heavy atom. The van der Waals surface area contributed by atoms with Crippen molar-refractivity contribution >= 4 is 24.2 Å². The van der Waals surface area contributed by atoms with Crippen LogP contribution in [0.5, 0.6) is 5.75 Å². The number of carbonyl (C=O) groups excluding carboxylic acids is 2. The molecule has 2 aromatic rings. The molecule has 168 valence electrons. The Balaban J connectivity index is 0.00000341. The van der Waals surface area contributed by atoms with Gasteiger partial charge < -0.3 is 20.7 Å². The van der Waals surface area contributed by atoms with E-state index < -0.39 is 6.04 Å². The maximum atomic E-state index is 12.9. The molecule has 1 aliphatic heterocycles. The van der Waals surface area contributed by atoms with Gasteiger partial charge >= 0.3 is 0 Å². The molecule has 0 aromatic heterocycles. The van der Waals surface area contributed by atoms with Gasteiger partial charge in [0.15, 0.2) is 0 Å². The number of hydrogen-bond donors (Lipinski definition) is 3. The predicted molar refractivity (Wildman–Crippen MR) is 124 cm³/mol. The summed E-state index contributed by atoms with van der Waals surface area (Å²) in [6.07, 6.45) is 1.42. The molecule has 1 aliphatic rings. The van der Waals surface area contributed by atoms with Gasteiger partial charge in [-0.2, -0.15) is 0 Å². The molecule has 7 heteroatoms. The molecule has 2 amide bonds. The van der Waals surface area contributed by atoms with Gasteiger partial charge in [0.25, 0.3) is 0 Å². The summed E-state index contributed by atoms with van der Waals surface area (Å²) in [4.78, 5) is 25.8. The molecule has 3 rings (SSSR count). The van der Waals surface area contributed by atoms with Gasteiger partial charge in [0.1, 0.15) is 11.8 Å². The van der Waals surface area contributed by atoms with Gasteiger partial charge in [-0.25, -0.2) is 0 Å². The Morgan fingerprint density at radius 3 is 2.45 bits per heavy atom. The Bertz CT molecular complexity index is 873. The van der Waals surface area contributed by atoms with Gasteiger partial charge in [-0.1, -0.05) is 56.7 Å². The van der Waals surface area contributed by atoms with Crippen LogP contribution in [0.2, 0.25) is 0 Å². The van der Waals surface area contributed by atoms with Crippen LogP contribution in [0.4, 0.5) is 0 Å². The van der Waals surface area contributed by atoms with Crippen molar-refractivity contribution in [2.24, 2.45) is 5.92 Å². The monoisotopic (exact) mass is 445 g/mol. The first kappa shape index (κ1) is 24.7.